The molecule has 0 spiro atoms. The van der Waals surface area contributed by atoms with Gasteiger partial charge in [0.2, 0.25) is 0 Å². The van der Waals surface area contributed by atoms with Crippen LogP contribution in [0.3, 0.4) is 0 Å². The highest BCUT2D eigenvalue weighted by atomic mass is 15.2. The molecule has 0 atom stereocenters. The van der Waals surface area contributed by atoms with E-state index in [1.54, 1.807) is 6.33 Å². The zero-order valence-corrected chi connectivity index (χ0v) is 10.1. The van der Waals surface area contributed by atoms with Crippen LogP contribution in [-0.2, 0) is 0 Å². The van der Waals surface area contributed by atoms with Crippen molar-refractivity contribution in [1.82, 2.24) is 9.97 Å². The van der Waals surface area contributed by atoms with E-state index in [1.165, 1.54) is 0 Å². The molecule has 1 aromatic heterocycles. The number of piperidine rings is 1. The maximum Gasteiger partial charge on any atom is 0.132 e. The molecule has 1 aliphatic rings. The molecule has 1 saturated heterocycles. The largest absolute Gasteiger partial charge is 0.356 e. The van der Waals surface area contributed by atoms with E-state index in [1.807, 2.05) is 13.0 Å². The van der Waals surface area contributed by atoms with E-state index in [0.717, 1.165) is 44.0 Å². The first-order valence-corrected chi connectivity index (χ1v) is 5.87. The minimum atomic E-state index is 0.318. The van der Waals surface area contributed by atoms with Crippen molar-refractivity contribution in [3.05, 3.63) is 18.1 Å². The number of nitrogens with zero attached hydrogens (tertiary/aromatic N) is 3. The minimum absolute atomic E-state index is 0.318. The third kappa shape index (κ3) is 2.32. The van der Waals surface area contributed by atoms with E-state index in [4.69, 9.17) is 5.73 Å². The van der Waals surface area contributed by atoms with E-state index in [2.05, 4.69) is 21.8 Å². The van der Waals surface area contributed by atoms with Crippen LogP contribution in [0.5, 0.6) is 0 Å². The maximum atomic E-state index is 5.80. The van der Waals surface area contributed by atoms with Crippen molar-refractivity contribution in [1.29, 1.82) is 0 Å². The van der Waals surface area contributed by atoms with Crippen molar-refractivity contribution < 1.29 is 0 Å². The van der Waals surface area contributed by atoms with Gasteiger partial charge in [-0.25, -0.2) is 9.97 Å². The summed E-state index contributed by atoms with van der Waals surface area (Å²) in [7, 11) is 0. The van der Waals surface area contributed by atoms with Gasteiger partial charge in [-0.3, -0.25) is 0 Å². The van der Waals surface area contributed by atoms with E-state index in [0.29, 0.717) is 5.41 Å². The molecule has 0 unspecified atom stereocenters. The van der Waals surface area contributed by atoms with Gasteiger partial charge < -0.3 is 10.6 Å². The van der Waals surface area contributed by atoms with Crippen LogP contribution in [0.4, 0.5) is 5.82 Å². The highest BCUT2D eigenvalue weighted by molar-refractivity contribution is 5.39. The molecule has 0 radical (unpaired) electrons. The third-order valence-electron chi connectivity index (χ3n) is 3.58. The van der Waals surface area contributed by atoms with Gasteiger partial charge in [-0.05, 0) is 31.7 Å². The lowest BCUT2D eigenvalue weighted by molar-refractivity contribution is 0.258. The molecule has 2 heterocycles. The molecule has 4 heteroatoms. The molecule has 1 aliphatic heterocycles. The standard InChI is InChI=1S/C12H20N4/c1-10-7-11(15-9-14-10)16-5-3-12(2,8-13)4-6-16/h7,9H,3-6,8,13H2,1-2H3. The van der Waals surface area contributed by atoms with Crippen LogP contribution < -0.4 is 10.6 Å². The van der Waals surface area contributed by atoms with Gasteiger partial charge in [0.1, 0.15) is 12.1 Å². The van der Waals surface area contributed by atoms with Crippen LogP contribution in [0.2, 0.25) is 0 Å². The van der Waals surface area contributed by atoms with Crippen LogP contribution in [0, 0.1) is 12.3 Å². The van der Waals surface area contributed by atoms with Gasteiger partial charge in [-0.2, -0.15) is 0 Å². The summed E-state index contributed by atoms with van der Waals surface area (Å²) >= 11 is 0. The summed E-state index contributed by atoms with van der Waals surface area (Å²) in [6.45, 7) is 7.15. The van der Waals surface area contributed by atoms with Crippen LogP contribution in [0.15, 0.2) is 12.4 Å². The van der Waals surface area contributed by atoms with Gasteiger partial charge in [-0.1, -0.05) is 6.92 Å². The van der Waals surface area contributed by atoms with E-state index >= 15 is 0 Å². The molecule has 2 N–H and O–H groups in total. The lowest BCUT2D eigenvalue weighted by Crippen LogP contribution is -2.42. The second-order valence-corrected chi connectivity index (χ2v) is 5.02. The Morgan fingerprint density at radius 3 is 2.62 bits per heavy atom. The molecule has 88 valence electrons. The topological polar surface area (TPSA) is 55.0 Å². The Labute approximate surface area is 96.9 Å². The summed E-state index contributed by atoms with van der Waals surface area (Å²) in [5.41, 5.74) is 7.14. The first-order chi connectivity index (χ1) is 7.63. The Balaban J connectivity index is 2.04. The molecule has 0 bridgehead atoms. The number of aryl methyl sites for hydroxylation is 1. The zero-order valence-electron chi connectivity index (χ0n) is 10.1. The maximum absolute atomic E-state index is 5.80. The lowest BCUT2D eigenvalue weighted by Gasteiger charge is -2.39. The SMILES string of the molecule is Cc1cc(N2CCC(C)(CN)CC2)ncn1. The molecule has 1 fully saturated rings. The van der Waals surface area contributed by atoms with Gasteiger partial charge in [0, 0.05) is 24.8 Å². The second kappa shape index (κ2) is 4.37. The molecule has 16 heavy (non-hydrogen) atoms. The van der Waals surface area contributed by atoms with Crippen molar-refractivity contribution in [2.45, 2.75) is 26.7 Å². The first kappa shape index (κ1) is 11.3. The number of aromatic nitrogens is 2. The smallest absolute Gasteiger partial charge is 0.132 e. The van der Waals surface area contributed by atoms with Crippen molar-refractivity contribution in [2.75, 3.05) is 24.5 Å². The fourth-order valence-electron chi connectivity index (χ4n) is 2.09. The predicted octanol–water partition coefficient (Wildman–Crippen LogP) is 1.35. The normalized spacial score (nSPS) is 19.8. The van der Waals surface area contributed by atoms with Crippen molar-refractivity contribution in [3.63, 3.8) is 0 Å². The molecule has 2 rings (SSSR count). The van der Waals surface area contributed by atoms with E-state index < -0.39 is 0 Å². The molecule has 1 aromatic rings. The molecular formula is C12H20N4. The highest BCUT2D eigenvalue weighted by Crippen LogP contribution is 2.31. The molecule has 0 saturated carbocycles. The third-order valence-corrected chi connectivity index (χ3v) is 3.58. The van der Waals surface area contributed by atoms with Gasteiger partial charge in [0.25, 0.3) is 0 Å². The van der Waals surface area contributed by atoms with Crippen LogP contribution in [0.25, 0.3) is 0 Å². The fraction of sp³-hybridized carbons (Fsp3) is 0.667. The van der Waals surface area contributed by atoms with Crippen molar-refractivity contribution in [3.8, 4) is 0 Å². The summed E-state index contributed by atoms with van der Waals surface area (Å²) < 4.78 is 0. The molecule has 0 aliphatic carbocycles. The second-order valence-electron chi connectivity index (χ2n) is 5.02. The first-order valence-electron chi connectivity index (χ1n) is 5.87. The molecule has 4 nitrogen and oxygen atoms in total. The van der Waals surface area contributed by atoms with Crippen molar-refractivity contribution in [2.24, 2.45) is 11.1 Å². The monoisotopic (exact) mass is 220 g/mol. The number of hydrogen-bond acceptors (Lipinski definition) is 4. The Kier molecular flexibility index (Phi) is 3.10. The number of anilines is 1. The zero-order chi connectivity index (χ0) is 11.6. The number of rotatable bonds is 2. The Bertz CT molecular complexity index is 356. The van der Waals surface area contributed by atoms with E-state index in [-0.39, 0.29) is 0 Å². The van der Waals surface area contributed by atoms with Gasteiger partial charge in [0.15, 0.2) is 0 Å². The van der Waals surface area contributed by atoms with Gasteiger partial charge in [-0.15, -0.1) is 0 Å². The Morgan fingerprint density at radius 1 is 1.38 bits per heavy atom. The summed E-state index contributed by atoms with van der Waals surface area (Å²) in [4.78, 5) is 10.8. The highest BCUT2D eigenvalue weighted by Gasteiger charge is 2.29. The average molecular weight is 220 g/mol. The lowest BCUT2D eigenvalue weighted by atomic mass is 9.80. The Hall–Kier alpha value is -1.16. The molecular weight excluding hydrogens is 200 g/mol. The average Bonchev–Trinajstić information content (AvgIpc) is 2.30. The fourth-order valence-corrected chi connectivity index (χ4v) is 2.09. The van der Waals surface area contributed by atoms with Crippen LogP contribution in [0.1, 0.15) is 25.5 Å². The number of nitrogens with two attached hydrogens (primary N) is 1. The summed E-state index contributed by atoms with van der Waals surface area (Å²) in [6.07, 6.45) is 3.93. The van der Waals surface area contributed by atoms with Gasteiger partial charge in [0.05, 0.1) is 0 Å². The summed E-state index contributed by atoms with van der Waals surface area (Å²) in [5.74, 6) is 1.05. The van der Waals surface area contributed by atoms with Crippen molar-refractivity contribution >= 4 is 5.82 Å². The Morgan fingerprint density at radius 2 is 2.06 bits per heavy atom. The summed E-state index contributed by atoms with van der Waals surface area (Å²) in [5, 5.41) is 0. The van der Waals surface area contributed by atoms with Crippen LogP contribution >= 0.6 is 0 Å². The predicted molar refractivity (Wildman–Crippen MR) is 65.4 cm³/mol. The van der Waals surface area contributed by atoms with Gasteiger partial charge >= 0.3 is 0 Å². The van der Waals surface area contributed by atoms with Crippen LogP contribution in [-0.4, -0.2) is 29.6 Å². The minimum Gasteiger partial charge on any atom is -0.356 e. The summed E-state index contributed by atoms with van der Waals surface area (Å²) in [6, 6.07) is 2.05. The quantitative estimate of drug-likeness (QED) is 0.817. The number of hydrogen-bond donors (Lipinski definition) is 1. The molecule has 0 amide bonds. The molecule has 0 aromatic carbocycles. The van der Waals surface area contributed by atoms with E-state index in [9.17, 15) is 0 Å².